The Balaban J connectivity index is 1.05. The van der Waals surface area contributed by atoms with Gasteiger partial charge in [-0.05, 0) is 85.4 Å². The van der Waals surface area contributed by atoms with Crippen LogP contribution in [0.25, 0.3) is 0 Å². The first-order chi connectivity index (χ1) is 19.9. The molecule has 4 aliphatic carbocycles. The second-order valence-electron chi connectivity index (χ2n) is 15.9. The fraction of sp³-hybridized carbons (Fsp3) is 0.970. The van der Waals surface area contributed by atoms with Crippen molar-refractivity contribution in [2.45, 2.75) is 134 Å². The predicted octanol–water partition coefficient (Wildman–Crippen LogP) is 2.80. The van der Waals surface area contributed by atoms with E-state index in [9.17, 15) is 25.2 Å². The topological polar surface area (TPSA) is 135 Å². The molecule has 1 spiro atoms. The summed E-state index contributed by atoms with van der Waals surface area (Å²) in [4.78, 5) is 14.3. The molecule has 4 N–H and O–H groups in total. The first-order valence-electron chi connectivity index (χ1n) is 16.7. The fourth-order valence-electron chi connectivity index (χ4n) is 11.5. The Hall–Kier alpha value is -0.650. The van der Waals surface area contributed by atoms with Gasteiger partial charge in [0.25, 0.3) is 0 Å². The first kappa shape index (κ1) is 30.0. The number of aliphatic hydroxyl groups excluding tert-OH is 4. The van der Waals surface area contributed by atoms with Gasteiger partial charge in [0.15, 0.2) is 12.1 Å². The smallest absolute Gasteiger partial charge is 0.186 e. The normalized spacial score (nSPS) is 59.2. The van der Waals surface area contributed by atoms with Gasteiger partial charge in [-0.25, -0.2) is 0 Å². The van der Waals surface area contributed by atoms with Crippen LogP contribution in [0.2, 0.25) is 0 Å². The van der Waals surface area contributed by atoms with E-state index in [2.05, 4.69) is 27.7 Å². The van der Waals surface area contributed by atoms with Gasteiger partial charge in [0.1, 0.15) is 30.2 Å². The maximum Gasteiger partial charge on any atom is 0.186 e. The molecule has 9 nitrogen and oxygen atoms in total. The van der Waals surface area contributed by atoms with Crippen molar-refractivity contribution in [1.29, 1.82) is 0 Å². The number of fused-ring (bicyclic) bond motifs is 7. The monoisotopic (exact) mass is 592 g/mol. The predicted molar refractivity (Wildman–Crippen MR) is 151 cm³/mol. The molecule has 0 aromatic heterocycles. The van der Waals surface area contributed by atoms with Crippen molar-refractivity contribution in [2.24, 2.45) is 52.3 Å². The van der Waals surface area contributed by atoms with E-state index in [1.807, 2.05) is 0 Å². The number of ketones is 1. The second kappa shape index (κ2) is 10.4. The van der Waals surface area contributed by atoms with Crippen molar-refractivity contribution in [2.75, 3.05) is 13.2 Å². The number of carbonyl (C=O) groups excluding carboxylic acids is 1. The lowest BCUT2D eigenvalue weighted by Gasteiger charge is -2.60. The van der Waals surface area contributed by atoms with Crippen molar-refractivity contribution in [3.05, 3.63) is 0 Å². The SMILES string of the molecule is CC1C2C(C[C@H]3[C@@H]4CC[C@H]5C[C@@H](O[C@@H]6O[C@H](CO)[C@@H](O)[C@H](O)[C@H]6O)CC[C@]5(C)[C@H]4C(=O)C[C@]23C)O[C@]12CC[C@@H](C)CO2. The van der Waals surface area contributed by atoms with Crippen LogP contribution in [0.15, 0.2) is 0 Å². The first-order valence-corrected chi connectivity index (χ1v) is 16.7. The highest BCUT2D eigenvalue weighted by molar-refractivity contribution is 5.84. The lowest BCUT2D eigenvalue weighted by atomic mass is 9.44. The average molecular weight is 593 g/mol. The lowest BCUT2D eigenvalue weighted by molar-refractivity contribution is -0.316. The molecule has 3 aliphatic heterocycles. The van der Waals surface area contributed by atoms with Gasteiger partial charge < -0.3 is 39.4 Å². The van der Waals surface area contributed by atoms with Gasteiger partial charge in [-0.1, -0.05) is 27.7 Å². The van der Waals surface area contributed by atoms with E-state index in [4.69, 9.17) is 18.9 Å². The molecule has 0 aromatic carbocycles. The highest BCUT2D eigenvalue weighted by Gasteiger charge is 2.70. The van der Waals surface area contributed by atoms with Gasteiger partial charge in [-0.2, -0.15) is 0 Å². The third kappa shape index (κ3) is 4.28. The van der Waals surface area contributed by atoms with Crippen LogP contribution in [0.3, 0.4) is 0 Å². The molecular weight excluding hydrogens is 540 g/mol. The molecule has 17 atom stereocenters. The number of Topliss-reactive ketones (excluding diaryl/α,β-unsaturated/α-hetero) is 1. The summed E-state index contributed by atoms with van der Waals surface area (Å²) in [5.41, 5.74) is -0.143. The summed E-state index contributed by atoms with van der Waals surface area (Å²) in [6.07, 6.45) is 1.88. The molecular formula is C33H52O9. The molecule has 7 aliphatic rings. The number of hydrogen-bond donors (Lipinski definition) is 4. The molecule has 238 valence electrons. The molecule has 3 unspecified atom stereocenters. The van der Waals surface area contributed by atoms with Crippen molar-refractivity contribution in [1.82, 2.24) is 0 Å². The Bertz CT molecular complexity index is 1040. The summed E-state index contributed by atoms with van der Waals surface area (Å²) in [5.74, 6) is 2.42. The number of ether oxygens (including phenoxy) is 4. The number of hydrogen-bond acceptors (Lipinski definition) is 9. The highest BCUT2D eigenvalue weighted by Crippen LogP contribution is 2.70. The van der Waals surface area contributed by atoms with Crippen LogP contribution < -0.4 is 0 Å². The zero-order valence-electron chi connectivity index (χ0n) is 25.7. The van der Waals surface area contributed by atoms with Gasteiger partial charge >= 0.3 is 0 Å². The molecule has 0 bridgehead atoms. The molecule has 7 rings (SSSR count). The van der Waals surface area contributed by atoms with Crippen LogP contribution in [0.5, 0.6) is 0 Å². The van der Waals surface area contributed by atoms with Crippen LogP contribution in [0.4, 0.5) is 0 Å². The van der Waals surface area contributed by atoms with Gasteiger partial charge in [0.05, 0.1) is 25.4 Å². The van der Waals surface area contributed by atoms with E-state index in [0.29, 0.717) is 41.8 Å². The van der Waals surface area contributed by atoms with E-state index in [1.54, 1.807) is 0 Å². The van der Waals surface area contributed by atoms with E-state index in [-0.39, 0.29) is 34.9 Å². The van der Waals surface area contributed by atoms with Crippen LogP contribution in [-0.4, -0.2) is 88.1 Å². The largest absolute Gasteiger partial charge is 0.394 e. The second-order valence-corrected chi connectivity index (χ2v) is 15.9. The fourth-order valence-corrected chi connectivity index (χ4v) is 11.5. The summed E-state index contributed by atoms with van der Waals surface area (Å²) in [5, 5.41) is 40.4. The Kier molecular flexibility index (Phi) is 7.47. The molecule has 7 fully saturated rings. The Morgan fingerprint density at radius 2 is 1.74 bits per heavy atom. The van der Waals surface area contributed by atoms with Crippen LogP contribution in [0, 0.1) is 52.3 Å². The third-order valence-corrected chi connectivity index (χ3v) is 13.7. The summed E-state index contributed by atoms with van der Waals surface area (Å²) in [6.45, 7) is 9.57. The quantitative estimate of drug-likeness (QED) is 0.365. The van der Waals surface area contributed by atoms with Crippen molar-refractivity contribution < 1.29 is 44.2 Å². The lowest BCUT2D eigenvalue weighted by Crippen LogP contribution is -2.61. The summed E-state index contributed by atoms with van der Waals surface area (Å²) in [6, 6.07) is 0. The van der Waals surface area contributed by atoms with E-state index < -0.39 is 43.1 Å². The summed E-state index contributed by atoms with van der Waals surface area (Å²) < 4.78 is 25.1. The van der Waals surface area contributed by atoms with E-state index >= 15 is 0 Å². The van der Waals surface area contributed by atoms with Crippen molar-refractivity contribution >= 4 is 5.78 Å². The third-order valence-electron chi connectivity index (χ3n) is 13.7. The van der Waals surface area contributed by atoms with Crippen molar-refractivity contribution in [3.8, 4) is 0 Å². The standard InChI is InChI=1S/C33H52O9/c1-16-7-10-33(39-15-16)17(2)25-23(42-33)12-21-20-6-5-18-11-19(40-30-29(38)28(37)27(36)24(14-34)41-30)8-9-31(18,3)26(20)22(35)13-32(21,25)4/h16-21,23-30,34,36-38H,5-15H2,1-4H3/t16-,17?,18+,19+,20+,21+,23?,24-,25?,26-,27-,28+,29-,30-,31+,32+,33-/m1/s1. The minimum atomic E-state index is -1.44. The minimum absolute atomic E-state index is 0.0507. The molecule has 42 heavy (non-hydrogen) atoms. The molecule has 3 heterocycles. The molecule has 0 aromatic rings. The van der Waals surface area contributed by atoms with Crippen LogP contribution >= 0.6 is 0 Å². The number of aliphatic hydroxyl groups is 4. The average Bonchev–Trinajstić information content (AvgIpc) is 3.40. The Labute approximate surface area is 249 Å². The minimum Gasteiger partial charge on any atom is -0.394 e. The van der Waals surface area contributed by atoms with E-state index in [1.165, 1.54) is 0 Å². The maximum atomic E-state index is 14.3. The van der Waals surface area contributed by atoms with E-state index in [0.717, 1.165) is 58.0 Å². The van der Waals surface area contributed by atoms with Gasteiger partial charge in [0, 0.05) is 24.7 Å². The molecule has 4 saturated carbocycles. The van der Waals surface area contributed by atoms with Gasteiger partial charge in [-0.3, -0.25) is 4.79 Å². The Morgan fingerprint density at radius 1 is 0.952 bits per heavy atom. The molecule has 0 radical (unpaired) electrons. The zero-order chi connectivity index (χ0) is 29.8. The van der Waals surface area contributed by atoms with Gasteiger partial charge in [0.2, 0.25) is 0 Å². The summed E-state index contributed by atoms with van der Waals surface area (Å²) in [7, 11) is 0. The number of carbonyl (C=O) groups is 1. The highest BCUT2D eigenvalue weighted by atomic mass is 16.7. The van der Waals surface area contributed by atoms with Crippen molar-refractivity contribution in [3.63, 3.8) is 0 Å². The molecule has 0 amide bonds. The molecule has 3 saturated heterocycles. The maximum absolute atomic E-state index is 14.3. The van der Waals surface area contributed by atoms with Crippen LogP contribution in [-0.2, 0) is 23.7 Å². The van der Waals surface area contributed by atoms with Gasteiger partial charge in [-0.15, -0.1) is 0 Å². The molecule has 9 heteroatoms. The number of rotatable bonds is 3. The van der Waals surface area contributed by atoms with Crippen LogP contribution in [0.1, 0.15) is 85.5 Å². The zero-order valence-corrected chi connectivity index (χ0v) is 25.7. The summed E-state index contributed by atoms with van der Waals surface area (Å²) >= 11 is 0. The Morgan fingerprint density at radius 3 is 2.45 bits per heavy atom.